The minimum atomic E-state index is 0.572. The molecular formula is C14H12ClN3O. The summed E-state index contributed by atoms with van der Waals surface area (Å²) in [5.74, 6) is 1.78. The lowest BCUT2D eigenvalue weighted by atomic mass is 10.1. The minimum Gasteiger partial charge on any atom is -0.339 e. The standard InChI is InChI=1S/C14H12ClN3O/c15-7-3-6-13-17-14(18-19-13)11-8-10-4-1-2-5-12(10)16-9-11/h1-2,4-5,8-9H,3,6-7H2. The second-order valence-corrected chi connectivity index (χ2v) is 4.60. The molecule has 0 aliphatic rings. The Labute approximate surface area is 115 Å². The number of halogens is 1. The van der Waals surface area contributed by atoms with Crippen LogP contribution in [0.4, 0.5) is 0 Å². The van der Waals surface area contributed by atoms with Gasteiger partial charge in [-0.15, -0.1) is 11.6 Å². The molecule has 3 aromatic rings. The number of rotatable bonds is 4. The molecule has 0 unspecified atom stereocenters. The Kier molecular flexibility index (Phi) is 3.42. The summed E-state index contributed by atoms with van der Waals surface area (Å²) >= 11 is 5.64. The summed E-state index contributed by atoms with van der Waals surface area (Å²) in [5.41, 5.74) is 1.82. The maximum atomic E-state index is 5.64. The summed E-state index contributed by atoms with van der Waals surface area (Å²) in [6.07, 6.45) is 3.30. The topological polar surface area (TPSA) is 51.8 Å². The summed E-state index contributed by atoms with van der Waals surface area (Å²) in [6.45, 7) is 0. The van der Waals surface area contributed by atoms with Gasteiger partial charge >= 0.3 is 0 Å². The van der Waals surface area contributed by atoms with E-state index >= 15 is 0 Å². The fourth-order valence-electron chi connectivity index (χ4n) is 1.89. The van der Waals surface area contributed by atoms with Gasteiger partial charge in [-0.1, -0.05) is 23.4 Å². The highest BCUT2D eigenvalue weighted by Gasteiger charge is 2.09. The number of hydrogen-bond donors (Lipinski definition) is 0. The monoisotopic (exact) mass is 273 g/mol. The van der Waals surface area contributed by atoms with E-state index in [9.17, 15) is 0 Å². The molecule has 0 saturated carbocycles. The Morgan fingerprint density at radius 3 is 3.00 bits per heavy atom. The van der Waals surface area contributed by atoms with Gasteiger partial charge in [0.2, 0.25) is 11.7 Å². The van der Waals surface area contributed by atoms with Gasteiger partial charge in [0.1, 0.15) is 0 Å². The zero-order valence-corrected chi connectivity index (χ0v) is 11.0. The molecule has 96 valence electrons. The number of aromatic nitrogens is 3. The van der Waals surface area contributed by atoms with Gasteiger partial charge in [-0.2, -0.15) is 4.98 Å². The number of nitrogens with zero attached hydrogens (tertiary/aromatic N) is 3. The first-order chi connectivity index (χ1) is 9.36. The van der Waals surface area contributed by atoms with Crippen molar-refractivity contribution in [1.82, 2.24) is 15.1 Å². The molecular weight excluding hydrogens is 262 g/mol. The van der Waals surface area contributed by atoms with Gasteiger partial charge < -0.3 is 4.52 Å². The van der Waals surface area contributed by atoms with Gasteiger partial charge in [0.05, 0.1) is 5.52 Å². The van der Waals surface area contributed by atoms with Gasteiger partial charge in [0.15, 0.2) is 0 Å². The molecule has 5 heteroatoms. The highest BCUT2D eigenvalue weighted by atomic mass is 35.5. The van der Waals surface area contributed by atoms with Crippen LogP contribution in [0, 0.1) is 0 Å². The lowest BCUT2D eigenvalue weighted by molar-refractivity contribution is 0.378. The Morgan fingerprint density at radius 1 is 1.21 bits per heavy atom. The number of hydrogen-bond acceptors (Lipinski definition) is 4. The van der Waals surface area contributed by atoms with Crippen molar-refractivity contribution in [3.63, 3.8) is 0 Å². The van der Waals surface area contributed by atoms with E-state index in [4.69, 9.17) is 16.1 Å². The Bertz CT molecular complexity index is 696. The van der Waals surface area contributed by atoms with E-state index in [1.807, 2.05) is 30.3 Å². The summed E-state index contributed by atoms with van der Waals surface area (Å²) in [7, 11) is 0. The minimum absolute atomic E-state index is 0.572. The van der Waals surface area contributed by atoms with Crippen LogP contribution in [0.1, 0.15) is 12.3 Å². The molecule has 0 saturated heterocycles. The van der Waals surface area contributed by atoms with E-state index in [2.05, 4.69) is 15.1 Å². The predicted molar refractivity (Wildman–Crippen MR) is 74.1 cm³/mol. The van der Waals surface area contributed by atoms with Crippen LogP contribution in [-0.4, -0.2) is 21.0 Å². The largest absolute Gasteiger partial charge is 0.339 e. The molecule has 3 rings (SSSR count). The highest BCUT2D eigenvalue weighted by molar-refractivity contribution is 6.17. The van der Waals surface area contributed by atoms with Gasteiger partial charge in [-0.05, 0) is 18.6 Å². The maximum absolute atomic E-state index is 5.64. The fourth-order valence-corrected chi connectivity index (χ4v) is 2.02. The van der Waals surface area contributed by atoms with Crippen LogP contribution in [0.25, 0.3) is 22.3 Å². The van der Waals surface area contributed by atoms with Gasteiger partial charge in [-0.25, -0.2) is 0 Å². The van der Waals surface area contributed by atoms with E-state index in [1.165, 1.54) is 0 Å². The number of aryl methyl sites for hydroxylation is 1. The third-order valence-electron chi connectivity index (χ3n) is 2.84. The molecule has 0 atom stereocenters. The van der Waals surface area contributed by atoms with Crippen molar-refractivity contribution in [2.24, 2.45) is 0 Å². The molecule has 2 heterocycles. The van der Waals surface area contributed by atoms with Gasteiger partial charge in [0, 0.05) is 29.4 Å². The van der Waals surface area contributed by atoms with E-state index < -0.39 is 0 Å². The van der Waals surface area contributed by atoms with Crippen molar-refractivity contribution in [2.45, 2.75) is 12.8 Å². The zero-order valence-electron chi connectivity index (χ0n) is 10.2. The predicted octanol–water partition coefficient (Wildman–Crippen LogP) is 3.46. The van der Waals surface area contributed by atoms with Crippen LogP contribution in [0.3, 0.4) is 0 Å². The number of benzene rings is 1. The quantitative estimate of drug-likeness (QED) is 0.683. The summed E-state index contributed by atoms with van der Waals surface area (Å²) in [5, 5.41) is 5.04. The Hall–Kier alpha value is -1.94. The number of pyridine rings is 1. The lowest BCUT2D eigenvalue weighted by Crippen LogP contribution is -1.87. The second-order valence-electron chi connectivity index (χ2n) is 4.22. The van der Waals surface area contributed by atoms with Crippen LogP contribution in [0.2, 0.25) is 0 Å². The molecule has 0 aliphatic heterocycles. The number of alkyl halides is 1. The van der Waals surface area contributed by atoms with Crippen molar-refractivity contribution in [3.8, 4) is 11.4 Å². The fraction of sp³-hybridized carbons (Fsp3) is 0.214. The average Bonchev–Trinajstić information content (AvgIpc) is 2.93. The van der Waals surface area contributed by atoms with Crippen molar-refractivity contribution >= 4 is 22.5 Å². The molecule has 0 N–H and O–H groups in total. The molecule has 0 bridgehead atoms. The smallest absolute Gasteiger partial charge is 0.227 e. The molecule has 19 heavy (non-hydrogen) atoms. The third-order valence-corrected chi connectivity index (χ3v) is 3.11. The molecule has 4 nitrogen and oxygen atoms in total. The molecule has 0 radical (unpaired) electrons. The van der Waals surface area contributed by atoms with Crippen molar-refractivity contribution in [3.05, 3.63) is 42.4 Å². The van der Waals surface area contributed by atoms with Crippen molar-refractivity contribution < 1.29 is 4.52 Å². The first kappa shape index (κ1) is 12.1. The maximum Gasteiger partial charge on any atom is 0.227 e. The van der Waals surface area contributed by atoms with Gasteiger partial charge in [-0.3, -0.25) is 4.98 Å². The summed E-state index contributed by atoms with van der Waals surface area (Å²) in [6, 6.07) is 9.95. The molecule has 0 fully saturated rings. The van der Waals surface area contributed by atoms with Crippen molar-refractivity contribution in [1.29, 1.82) is 0 Å². The number of fused-ring (bicyclic) bond motifs is 1. The van der Waals surface area contributed by atoms with Crippen LogP contribution in [-0.2, 0) is 6.42 Å². The highest BCUT2D eigenvalue weighted by Crippen LogP contribution is 2.20. The Balaban J connectivity index is 1.92. The molecule has 0 amide bonds. The molecule has 0 spiro atoms. The molecule has 0 aliphatic carbocycles. The van der Waals surface area contributed by atoms with E-state index in [1.54, 1.807) is 6.20 Å². The lowest BCUT2D eigenvalue weighted by Gasteiger charge is -1.98. The second kappa shape index (κ2) is 5.36. The Morgan fingerprint density at radius 2 is 2.11 bits per heavy atom. The van der Waals surface area contributed by atoms with Gasteiger partial charge in [0.25, 0.3) is 0 Å². The third kappa shape index (κ3) is 2.58. The average molecular weight is 274 g/mol. The van der Waals surface area contributed by atoms with Crippen LogP contribution in [0.5, 0.6) is 0 Å². The molecule has 1 aromatic carbocycles. The van der Waals surface area contributed by atoms with E-state index in [0.717, 1.165) is 22.9 Å². The SMILES string of the molecule is ClCCCc1nc(-c2cnc3ccccc3c2)no1. The van der Waals surface area contributed by atoms with E-state index in [0.29, 0.717) is 24.0 Å². The van der Waals surface area contributed by atoms with Crippen LogP contribution < -0.4 is 0 Å². The van der Waals surface area contributed by atoms with Crippen LogP contribution >= 0.6 is 11.6 Å². The summed E-state index contributed by atoms with van der Waals surface area (Å²) < 4.78 is 5.19. The number of para-hydroxylation sites is 1. The van der Waals surface area contributed by atoms with Crippen LogP contribution in [0.15, 0.2) is 41.1 Å². The first-order valence-electron chi connectivity index (χ1n) is 6.10. The zero-order chi connectivity index (χ0) is 13.1. The normalized spacial score (nSPS) is 11.0. The first-order valence-corrected chi connectivity index (χ1v) is 6.64. The summed E-state index contributed by atoms with van der Waals surface area (Å²) in [4.78, 5) is 8.73. The molecule has 2 aromatic heterocycles. The van der Waals surface area contributed by atoms with Crippen molar-refractivity contribution in [2.75, 3.05) is 5.88 Å². The van der Waals surface area contributed by atoms with E-state index in [-0.39, 0.29) is 0 Å².